The van der Waals surface area contributed by atoms with E-state index in [2.05, 4.69) is 10.3 Å². The molecule has 2 aromatic carbocycles. The van der Waals surface area contributed by atoms with Crippen LogP contribution in [0, 0.1) is 12.7 Å². The Hall–Kier alpha value is -2.80. The molecule has 2 heterocycles. The second kappa shape index (κ2) is 6.25. The first kappa shape index (κ1) is 15.7. The normalized spacial score (nSPS) is 18.9. The predicted octanol–water partition coefficient (Wildman–Crippen LogP) is 3.75. The summed E-state index contributed by atoms with van der Waals surface area (Å²) in [7, 11) is 0. The minimum atomic E-state index is -0.328. The molecule has 0 unspecified atom stereocenters. The SMILES string of the molecule is Cc1cc2c(cc1C=C1SC(=Nc3ccc(F)cc3)NC1=O)OCO2. The maximum Gasteiger partial charge on any atom is 0.264 e. The molecule has 0 atom stereocenters. The van der Waals surface area contributed by atoms with Crippen molar-refractivity contribution in [3.63, 3.8) is 0 Å². The minimum Gasteiger partial charge on any atom is -0.454 e. The summed E-state index contributed by atoms with van der Waals surface area (Å²) >= 11 is 1.24. The molecule has 25 heavy (non-hydrogen) atoms. The quantitative estimate of drug-likeness (QED) is 0.833. The van der Waals surface area contributed by atoms with Crippen LogP contribution in [-0.2, 0) is 4.79 Å². The molecule has 7 heteroatoms. The van der Waals surface area contributed by atoms with Crippen molar-refractivity contribution in [1.29, 1.82) is 0 Å². The van der Waals surface area contributed by atoms with Gasteiger partial charge in [-0.1, -0.05) is 0 Å². The minimum absolute atomic E-state index is 0.207. The summed E-state index contributed by atoms with van der Waals surface area (Å²) in [5, 5.41) is 3.17. The number of halogens is 1. The van der Waals surface area contributed by atoms with Crippen LogP contribution in [0.2, 0.25) is 0 Å². The number of aliphatic imine (C=N–C) groups is 1. The zero-order chi connectivity index (χ0) is 17.4. The van der Waals surface area contributed by atoms with Crippen LogP contribution in [0.3, 0.4) is 0 Å². The molecule has 2 aromatic rings. The lowest BCUT2D eigenvalue weighted by Crippen LogP contribution is -2.19. The number of nitrogens with one attached hydrogen (secondary N) is 1. The third kappa shape index (κ3) is 3.23. The van der Waals surface area contributed by atoms with Crippen LogP contribution >= 0.6 is 11.8 Å². The molecule has 5 nitrogen and oxygen atoms in total. The van der Waals surface area contributed by atoms with Gasteiger partial charge in [-0.05, 0) is 72.3 Å². The van der Waals surface area contributed by atoms with Gasteiger partial charge >= 0.3 is 0 Å². The molecular formula is C18H13FN2O3S. The first-order valence-electron chi connectivity index (χ1n) is 7.54. The molecule has 0 radical (unpaired) electrons. The largest absolute Gasteiger partial charge is 0.454 e. The lowest BCUT2D eigenvalue weighted by molar-refractivity contribution is -0.115. The number of hydrogen-bond acceptors (Lipinski definition) is 5. The van der Waals surface area contributed by atoms with E-state index >= 15 is 0 Å². The van der Waals surface area contributed by atoms with E-state index in [0.717, 1.165) is 11.1 Å². The van der Waals surface area contributed by atoms with Crippen LogP contribution in [0.5, 0.6) is 11.5 Å². The Morgan fingerprint density at radius 3 is 2.68 bits per heavy atom. The summed E-state index contributed by atoms with van der Waals surface area (Å²) in [5.41, 5.74) is 2.43. The van der Waals surface area contributed by atoms with E-state index < -0.39 is 0 Å². The van der Waals surface area contributed by atoms with Crippen molar-refractivity contribution in [1.82, 2.24) is 5.32 Å². The number of carbonyl (C=O) groups is 1. The van der Waals surface area contributed by atoms with Gasteiger partial charge in [0.15, 0.2) is 16.7 Å². The zero-order valence-electron chi connectivity index (χ0n) is 13.2. The van der Waals surface area contributed by atoms with E-state index in [9.17, 15) is 9.18 Å². The Bertz CT molecular complexity index is 923. The average Bonchev–Trinajstić information content (AvgIpc) is 3.16. The molecule has 1 N–H and O–H groups in total. The lowest BCUT2D eigenvalue weighted by Gasteiger charge is -2.03. The number of rotatable bonds is 2. The van der Waals surface area contributed by atoms with Gasteiger partial charge in [0.2, 0.25) is 6.79 Å². The first-order chi connectivity index (χ1) is 12.1. The van der Waals surface area contributed by atoms with Gasteiger partial charge in [0, 0.05) is 0 Å². The molecule has 0 aromatic heterocycles. The van der Waals surface area contributed by atoms with Gasteiger partial charge in [0.25, 0.3) is 5.91 Å². The number of benzene rings is 2. The molecule has 0 aliphatic carbocycles. The van der Waals surface area contributed by atoms with Crippen LogP contribution in [0.15, 0.2) is 46.3 Å². The molecule has 0 spiro atoms. The number of amidine groups is 1. The highest BCUT2D eigenvalue weighted by atomic mass is 32.2. The van der Waals surface area contributed by atoms with Crippen molar-refractivity contribution in [3.8, 4) is 11.5 Å². The highest BCUT2D eigenvalue weighted by Gasteiger charge is 2.24. The Morgan fingerprint density at radius 2 is 1.92 bits per heavy atom. The third-order valence-corrected chi connectivity index (χ3v) is 4.67. The van der Waals surface area contributed by atoms with Gasteiger partial charge in [-0.3, -0.25) is 4.79 Å². The first-order valence-corrected chi connectivity index (χ1v) is 8.35. The van der Waals surface area contributed by atoms with Crippen molar-refractivity contribution in [2.75, 3.05) is 6.79 Å². The molecule has 0 bridgehead atoms. The molecule has 1 amide bonds. The summed E-state index contributed by atoms with van der Waals surface area (Å²) in [4.78, 5) is 17.0. The van der Waals surface area contributed by atoms with E-state index in [0.29, 0.717) is 27.3 Å². The monoisotopic (exact) mass is 356 g/mol. The standard InChI is InChI=1S/C18H13FN2O3S/c1-10-6-14-15(24-9-23-14)7-11(10)8-16-17(22)21-18(25-16)20-13-4-2-12(19)3-5-13/h2-8H,9H2,1H3,(H,20,21,22). The molecule has 0 saturated carbocycles. The fourth-order valence-corrected chi connectivity index (χ4v) is 3.30. The highest BCUT2D eigenvalue weighted by Crippen LogP contribution is 2.36. The average molecular weight is 356 g/mol. The van der Waals surface area contributed by atoms with Gasteiger partial charge in [-0.25, -0.2) is 9.38 Å². The summed E-state index contributed by atoms with van der Waals surface area (Å²) in [6.07, 6.45) is 1.80. The van der Waals surface area contributed by atoms with Crippen LogP contribution in [0.4, 0.5) is 10.1 Å². The second-order valence-corrected chi connectivity index (χ2v) is 6.55. The lowest BCUT2D eigenvalue weighted by atomic mass is 10.1. The number of amides is 1. The van der Waals surface area contributed by atoms with E-state index in [1.807, 2.05) is 19.1 Å². The van der Waals surface area contributed by atoms with Gasteiger partial charge in [0.05, 0.1) is 10.6 Å². The van der Waals surface area contributed by atoms with E-state index in [4.69, 9.17) is 9.47 Å². The van der Waals surface area contributed by atoms with E-state index in [1.165, 1.54) is 23.9 Å². The predicted molar refractivity (Wildman–Crippen MR) is 94.5 cm³/mol. The van der Waals surface area contributed by atoms with Crippen molar-refractivity contribution < 1.29 is 18.7 Å². The summed E-state index contributed by atoms with van der Waals surface area (Å²) in [5.74, 6) is 0.830. The fourth-order valence-electron chi connectivity index (χ4n) is 2.47. The summed E-state index contributed by atoms with van der Waals surface area (Å²) < 4.78 is 23.7. The number of carbonyl (C=O) groups excluding carboxylic acids is 1. The Kier molecular flexibility index (Phi) is 3.93. The molecule has 2 aliphatic heterocycles. The Balaban J connectivity index is 1.60. The Labute approximate surface area is 147 Å². The number of aryl methyl sites for hydroxylation is 1. The molecule has 4 rings (SSSR count). The van der Waals surface area contributed by atoms with Crippen LogP contribution in [0.25, 0.3) is 6.08 Å². The van der Waals surface area contributed by atoms with Crippen LogP contribution < -0.4 is 14.8 Å². The van der Waals surface area contributed by atoms with Crippen molar-refractivity contribution in [3.05, 3.63) is 58.2 Å². The second-order valence-electron chi connectivity index (χ2n) is 5.52. The van der Waals surface area contributed by atoms with Gasteiger partial charge < -0.3 is 14.8 Å². The summed E-state index contributed by atoms with van der Waals surface area (Å²) in [6.45, 7) is 2.15. The molecule has 126 valence electrons. The molecule has 1 saturated heterocycles. The number of ether oxygens (including phenoxy) is 2. The third-order valence-electron chi connectivity index (χ3n) is 3.76. The number of hydrogen-bond donors (Lipinski definition) is 1. The topological polar surface area (TPSA) is 59.9 Å². The summed E-state index contributed by atoms with van der Waals surface area (Å²) in [6, 6.07) is 9.51. The molecule has 2 aliphatic rings. The van der Waals surface area contributed by atoms with Gasteiger partial charge in [0.1, 0.15) is 5.82 Å². The number of nitrogens with zero attached hydrogens (tertiary/aromatic N) is 1. The molecular weight excluding hydrogens is 343 g/mol. The smallest absolute Gasteiger partial charge is 0.264 e. The fraction of sp³-hybridized carbons (Fsp3) is 0.111. The highest BCUT2D eigenvalue weighted by molar-refractivity contribution is 8.18. The zero-order valence-corrected chi connectivity index (χ0v) is 14.0. The number of fused-ring (bicyclic) bond motifs is 1. The van der Waals surface area contributed by atoms with Crippen molar-refractivity contribution in [2.45, 2.75) is 6.92 Å². The van der Waals surface area contributed by atoms with Gasteiger partial charge in [-0.2, -0.15) is 0 Å². The van der Waals surface area contributed by atoms with Crippen LogP contribution in [0.1, 0.15) is 11.1 Å². The van der Waals surface area contributed by atoms with E-state index in [1.54, 1.807) is 18.2 Å². The molecule has 1 fully saturated rings. The van der Waals surface area contributed by atoms with Crippen molar-refractivity contribution >= 4 is 34.6 Å². The maximum absolute atomic E-state index is 12.9. The maximum atomic E-state index is 12.9. The van der Waals surface area contributed by atoms with Crippen LogP contribution in [-0.4, -0.2) is 17.9 Å². The number of thioether (sulfide) groups is 1. The Morgan fingerprint density at radius 1 is 1.20 bits per heavy atom. The van der Waals surface area contributed by atoms with Gasteiger partial charge in [-0.15, -0.1) is 0 Å². The van der Waals surface area contributed by atoms with Crippen molar-refractivity contribution in [2.24, 2.45) is 4.99 Å². The van der Waals surface area contributed by atoms with E-state index in [-0.39, 0.29) is 18.5 Å².